The van der Waals surface area contributed by atoms with Gasteiger partial charge in [0.25, 0.3) is 0 Å². The summed E-state index contributed by atoms with van der Waals surface area (Å²) in [5.41, 5.74) is 2.62. The first-order valence-electron chi connectivity index (χ1n) is 6.77. The molecule has 18 heavy (non-hydrogen) atoms. The summed E-state index contributed by atoms with van der Waals surface area (Å²) >= 11 is 1.72. The van der Waals surface area contributed by atoms with Crippen molar-refractivity contribution in [1.82, 2.24) is 10.2 Å². The van der Waals surface area contributed by atoms with Crippen molar-refractivity contribution in [1.29, 1.82) is 0 Å². The number of carbonyl (C=O) groups is 1. The van der Waals surface area contributed by atoms with E-state index < -0.39 is 0 Å². The number of aryl methyl sites for hydroxylation is 1. The molecule has 1 fully saturated rings. The zero-order chi connectivity index (χ0) is 12.8. The highest BCUT2D eigenvalue weighted by atomic mass is 32.1. The van der Waals surface area contributed by atoms with Crippen LogP contribution in [0.2, 0.25) is 0 Å². The quantitative estimate of drug-likeness (QED) is 0.908. The van der Waals surface area contributed by atoms with Crippen LogP contribution in [-0.2, 0) is 11.3 Å². The Bertz CT molecular complexity index is 381. The molecule has 0 spiro atoms. The van der Waals surface area contributed by atoms with Crippen molar-refractivity contribution in [2.45, 2.75) is 39.2 Å². The Morgan fingerprint density at radius 3 is 2.61 bits per heavy atom. The van der Waals surface area contributed by atoms with Crippen LogP contribution >= 0.6 is 11.3 Å². The Balaban J connectivity index is 1.72. The van der Waals surface area contributed by atoms with Gasteiger partial charge in [0.05, 0.1) is 6.54 Å². The Morgan fingerprint density at radius 2 is 2.00 bits per heavy atom. The largest absolute Gasteiger partial charge is 0.342 e. The Morgan fingerprint density at radius 1 is 1.28 bits per heavy atom. The number of rotatable bonds is 4. The van der Waals surface area contributed by atoms with Crippen molar-refractivity contribution in [3.63, 3.8) is 0 Å². The van der Waals surface area contributed by atoms with E-state index in [1.807, 2.05) is 4.90 Å². The molecular formula is C14H22N2OS. The zero-order valence-electron chi connectivity index (χ0n) is 11.1. The number of nitrogens with zero attached hydrogens (tertiary/aromatic N) is 1. The molecule has 3 nitrogen and oxygen atoms in total. The molecule has 1 aromatic rings. The van der Waals surface area contributed by atoms with Gasteiger partial charge >= 0.3 is 0 Å². The van der Waals surface area contributed by atoms with Crippen LogP contribution in [0.1, 0.15) is 36.8 Å². The molecule has 1 aliphatic heterocycles. The molecule has 100 valence electrons. The molecular weight excluding hydrogens is 244 g/mol. The minimum Gasteiger partial charge on any atom is -0.342 e. The summed E-state index contributed by atoms with van der Waals surface area (Å²) < 4.78 is 0. The molecule has 1 N–H and O–H groups in total. The molecule has 2 heterocycles. The van der Waals surface area contributed by atoms with Crippen LogP contribution in [-0.4, -0.2) is 30.4 Å². The van der Waals surface area contributed by atoms with Gasteiger partial charge in [0.15, 0.2) is 0 Å². The maximum Gasteiger partial charge on any atom is 0.236 e. The number of likely N-dealkylation sites (tertiary alicyclic amines) is 1. The van der Waals surface area contributed by atoms with E-state index >= 15 is 0 Å². The molecule has 0 aromatic carbocycles. The van der Waals surface area contributed by atoms with Crippen LogP contribution in [0.25, 0.3) is 0 Å². The zero-order valence-corrected chi connectivity index (χ0v) is 11.9. The van der Waals surface area contributed by atoms with Crippen molar-refractivity contribution >= 4 is 17.2 Å². The van der Waals surface area contributed by atoms with Crippen LogP contribution in [0.15, 0.2) is 10.8 Å². The van der Waals surface area contributed by atoms with Gasteiger partial charge < -0.3 is 10.2 Å². The van der Waals surface area contributed by atoms with Gasteiger partial charge in [-0.15, -0.1) is 0 Å². The van der Waals surface area contributed by atoms with Crippen LogP contribution in [0.3, 0.4) is 0 Å². The fourth-order valence-corrected chi connectivity index (χ4v) is 3.16. The number of thiophene rings is 1. The summed E-state index contributed by atoms with van der Waals surface area (Å²) in [5, 5.41) is 7.56. The molecule has 1 amide bonds. The Kier molecular flexibility index (Phi) is 5.20. The second-order valence-corrected chi connectivity index (χ2v) is 5.72. The number of amides is 1. The van der Waals surface area contributed by atoms with Gasteiger partial charge in [-0.2, -0.15) is 11.3 Å². The third kappa shape index (κ3) is 3.82. The highest BCUT2D eigenvalue weighted by Gasteiger charge is 2.14. The lowest BCUT2D eigenvalue weighted by atomic mass is 10.2. The van der Waals surface area contributed by atoms with Gasteiger partial charge in [-0.25, -0.2) is 0 Å². The maximum atomic E-state index is 12.0. The lowest BCUT2D eigenvalue weighted by Crippen LogP contribution is -2.38. The molecule has 0 saturated carbocycles. The molecule has 2 rings (SSSR count). The topological polar surface area (TPSA) is 32.3 Å². The number of carbonyl (C=O) groups excluding carboxylic acids is 1. The summed E-state index contributed by atoms with van der Waals surface area (Å²) in [6.45, 7) is 5.27. The molecule has 0 radical (unpaired) electrons. The van der Waals surface area contributed by atoms with Gasteiger partial charge in [-0.1, -0.05) is 12.8 Å². The third-order valence-corrected chi connectivity index (χ3v) is 4.42. The van der Waals surface area contributed by atoms with Crippen molar-refractivity contribution in [2.75, 3.05) is 19.6 Å². The maximum absolute atomic E-state index is 12.0. The number of hydrogen-bond acceptors (Lipinski definition) is 3. The average Bonchev–Trinajstić information content (AvgIpc) is 2.64. The van der Waals surface area contributed by atoms with E-state index in [2.05, 4.69) is 23.0 Å². The molecule has 0 atom stereocenters. The molecule has 0 aliphatic carbocycles. The summed E-state index contributed by atoms with van der Waals surface area (Å²) in [7, 11) is 0. The lowest BCUT2D eigenvalue weighted by Gasteiger charge is -2.20. The molecule has 1 saturated heterocycles. The smallest absolute Gasteiger partial charge is 0.236 e. The van der Waals surface area contributed by atoms with E-state index in [0.29, 0.717) is 6.54 Å². The van der Waals surface area contributed by atoms with E-state index in [-0.39, 0.29) is 5.91 Å². The standard InChI is InChI=1S/C14H22N2OS/c1-12-10-18-11-13(12)8-15-9-14(17)16-6-4-2-3-5-7-16/h10-11,15H,2-9H2,1H3. The summed E-state index contributed by atoms with van der Waals surface area (Å²) in [6, 6.07) is 0. The number of hydrogen-bond donors (Lipinski definition) is 1. The van der Waals surface area contributed by atoms with E-state index in [0.717, 1.165) is 32.5 Å². The Labute approximate surface area is 113 Å². The fraction of sp³-hybridized carbons (Fsp3) is 0.643. The van der Waals surface area contributed by atoms with Gasteiger partial charge in [-0.3, -0.25) is 4.79 Å². The predicted molar refractivity (Wildman–Crippen MR) is 75.8 cm³/mol. The van der Waals surface area contributed by atoms with Crippen LogP contribution in [0, 0.1) is 6.92 Å². The summed E-state index contributed by atoms with van der Waals surface area (Å²) in [5.74, 6) is 0.254. The van der Waals surface area contributed by atoms with Crippen molar-refractivity contribution in [2.24, 2.45) is 0 Å². The van der Waals surface area contributed by atoms with Crippen LogP contribution in [0.5, 0.6) is 0 Å². The predicted octanol–water partition coefficient (Wildman–Crippen LogP) is 2.55. The van der Waals surface area contributed by atoms with Gasteiger partial charge in [-0.05, 0) is 41.7 Å². The van der Waals surface area contributed by atoms with Gasteiger partial charge in [0.1, 0.15) is 0 Å². The molecule has 0 bridgehead atoms. The monoisotopic (exact) mass is 266 g/mol. The summed E-state index contributed by atoms with van der Waals surface area (Å²) in [6.07, 6.45) is 4.86. The van der Waals surface area contributed by atoms with Crippen molar-refractivity contribution in [3.8, 4) is 0 Å². The first kappa shape index (κ1) is 13.6. The van der Waals surface area contributed by atoms with E-state index in [4.69, 9.17) is 0 Å². The normalized spacial score (nSPS) is 16.6. The van der Waals surface area contributed by atoms with Crippen LogP contribution < -0.4 is 5.32 Å². The van der Waals surface area contributed by atoms with Gasteiger partial charge in [0, 0.05) is 19.6 Å². The minimum atomic E-state index is 0.254. The first-order valence-corrected chi connectivity index (χ1v) is 7.72. The number of nitrogens with one attached hydrogen (secondary N) is 1. The molecule has 0 unspecified atom stereocenters. The van der Waals surface area contributed by atoms with Crippen molar-refractivity contribution < 1.29 is 4.79 Å². The van der Waals surface area contributed by atoms with Crippen molar-refractivity contribution in [3.05, 3.63) is 21.9 Å². The molecule has 4 heteroatoms. The van der Waals surface area contributed by atoms with E-state index in [1.54, 1.807) is 11.3 Å². The first-order chi connectivity index (χ1) is 8.77. The SMILES string of the molecule is Cc1cscc1CNCC(=O)N1CCCCCC1. The lowest BCUT2D eigenvalue weighted by molar-refractivity contribution is -0.130. The highest BCUT2D eigenvalue weighted by Crippen LogP contribution is 2.13. The van der Waals surface area contributed by atoms with E-state index in [1.165, 1.54) is 24.0 Å². The fourth-order valence-electron chi connectivity index (χ4n) is 2.30. The van der Waals surface area contributed by atoms with Gasteiger partial charge in [0.2, 0.25) is 5.91 Å². The second kappa shape index (κ2) is 6.90. The second-order valence-electron chi connectivity index (χ2n) is 4.98. The van der Waals surface area contributed by atoms with Crippen LogP contribution in [0.4, 0.5) is 0 Å². The van der Waals surface area contributed by atoms with E-state index in [9.17, 15) is 4.79 Å². The summed E-state index contributed by atoms with van der Waals surface area (Å²) in [4.78, 5) is 14.0. The average molecular weight is 266 g/mol. The molecule has 1 aromatic heterocycles. The molecule has 1 aliphatic rings. The Hall–Kier alpha value is -0.870. The third-order valence-electron chi connectivity index (χ3n) is 3.51. The highest BCUT2D eigenvalue weighted by molar-refractivity contribution is 7.08. The minimum absolute atomic E-state index is 0.254.